The molecule has 1 aliphatic heterocycles. The Morgan fingerprint density at radius 3 is 1.94 bits per heavy atom. The molecule has 0 saturated carbocycles. The summed E-state index contributed by atoms with van der Waals surface area (Å²) in [6, 6.07) is 9.87. The molecule has 27 heteroatoms. The van der Waals surface area contributed by atoms with Crippen LogP contribution in [0.1, 0.15) is 166 Å². The fourth-order valence-electron chi connectivity index (χ4n) is 12.2. The largest absolute Gasteiger partial charge is 0.445 e. The zero-order valence-corrected chi connectivity index (χ0v) is 60.3. The summed E-state index contributed by atoms with van der Waals surface area (Å²) >= 11 is 0. The number of hydrogen-bond donors (Lipinski definition) is 8. The lowest BCUT2D eigenvalue weighted by Gasteiger charge is -2.41. The number of aliphatic hydroxyl groups excluding tert-OH is 1. The number of ether oxygens (including phenoxy) is 4. The van der Waals surface area contributed by atoms with E-state index in [1.807, 2.05) is 51.4 Å². The SMILES string of the molecule is CCC(C)[C@@H]([C@@H](CC(=O)N1CCC[C@H]1[C@H](OC)[C@@H](C)C(=O)N[C@H](C)C(O)c1ccccc1)OC)N(C)C(=O)[C@@H](CC(=O)[C@H](C(C)C)N(C)C(=O)OCc1ccc(NC(=O)[C@H](CCCNC(N)=O)CC(=O)[C@@H](NC(=O)C(C)NC(=O)CONC(=O)OC(C)(C)C)C(C)C)cc1)C(C)C. The van der Waals surface area contributed by atoms with Crippen LogP contribution in [0.15, 0.2) is 54.6 Å². The summed E-state index contributed by atoms with van der Waals surface area (Å²) in [6.07, 6.45) is -2.35. The average Bonchev–Trinajstić information content (AvgIpc) is 1.70. The number of nitrogens with one attached hydrogen (secondary N) is 6. The Morgan fingerprint density at radius 2 is 1.38 bits per heavy atom. The molecule has 1 aliphatic rings. The number of ketones is 2. The van der Waals surface area contributed by atoms with E-state index in [-0.39, 0.29) is 80.6 Å². The van der Waals surface area contributed by atoms with Crippen LogP contribution in [0.3, 0.4) is 0 Å². The molecule has 3 unspecified atom stereocenters. The summed E-state index contributed by atoms with van der Waals surface area (Å²) in [5.74, 6) is -7.43. The van der Waals surface area contributed by atoms with Gasteiger partial charge in [0.05, 0.1) is 60.9 Å². The molecule has 0 aromatic heterocycles. The van der Waals surface area contributed by atoms with E-state index in [1.165, 1.54) is 33.1 Å². The number of anilines is 1. The third-order valence-electron chi connectivity index (χ3n) is 17.7. The molecule has 0 radical (unpaired) electrons. The number of hydroxylamine groups is 1. The number of benzene rings is 2. The summed E-state index contributed by atoms with van der Waals surface area (Å²) in [6.45, 7) is 24.2. The first kappa shape index (κ1) is 83.5. The van der Waals surface area contributed by atoms with Gasteiger partial charge < -0.3 is 71.1 Å². The fourth-order valence-corrected chi connectivity index (χ4v) is 12.2. The second-order valence-corrected chi connectivity index (χ2v) is 27.5. The number of carbonyl (C=O) groups is 11. The van der Waals surface area contributed by atoms with Crippen molar-refractivity contribution >= 4 is 70.9 Å². The molecule has 27 nitrogen and oxygen atoms in total. The van der Waals surface area contributed by atoms with Gasteiger partial charge in [0, 0.05) is 71.8 Å². The van der Waals surface area contributed by atoms with Crippen LogP contribution in [0.2, 0.25) is 0 Å². The van der Waals surface area contributed by atoms with E-state index in [9.17, 15) is 57.8 Å². The van der Waals surface area contributed by atoms with Crippen LogP contribution in [-0.4, -0.2) is 187 Å². The van der Waals surface area contributed by atoms with Gasteiger partial charge in [0.2, 0.25) is 35.4 Å². The zero-order chi connectivity index (χ0) is 73.2. The Kier molecular flexibility index (Phi) is 34.6. The van der Waals surface area contributed by atoms with Crippen molar-refractivity contribution < 1.29 is 81.6 Å². The van der Waals surface area contributed by atoms with Crippen LogP contribution in [0.5, 0.6) is 0 Å². The Morgan fingerprint density at radius 1 is 0.742 bits per heavy atom. The maximum Gasteiger partial charge on any atom is 0.431 e. The highest BCUT2D eigenvalue weighted by Crippen LogP contribution is 2.32. The number of urea groups is 1. The van der Waals surface area contributed by atoms with Gasteiger partial charge in [0.25, 0.3) is 0 Å². The smallest absolute Gasteiger partial charge is 0.431 e. The van der Waals surface area contributed by atoms with Crippen molar-refractivity contribution in [3.8, 4) is 0 Å². The van der Waals surface area contributed by atoms with Crippen LogP contribution in [0, 0.1) is 41.4 Å². The molecule has 3 rings (SSSR count). The maximum absolute atomic E-state index is 14.9. The molecule has 9 N–H and O–H groups in total. The normalized spacial score (nSPS) is 16.9. The number of likely N-dealkylation sites (tertiary alicyclic amines) is 1. The van der Waals surface area contributed by atoms with Gasteiger partial charge in [0.15, 0.2) is 18.2 Å². The third kappa shape index (κ3) is 26.5. The van der Waals surface area contributed by atoms with Crippen LogP contribution < -0.4 is 37.8 Å². The van der Waals surface area contributed by atoms with Gasteiger partial charge in [-0.05, 0) is 107 Å². The Labute approximate surface area is 573 Å². The molecule has 544 valence electrons. The van der Waals surface area contributed by atoms with Crippen molar-refractivity contribution in [3.63, 3.8) is 0 Å². The maximum atomic E-state index is 14.9. The molecule has 1 fully saturated rings. The van der Waals surface area contributed by atoms with Crippen LogP contribution in [0.25, 0.3) is 0 Å². The third-order valence-corrected chi connectivity index (χ3v) is 17.7. The number of carbonyl (C=O) groups excluding carboxylic acids is 11. The molecular formula is C70H112N10O17. The molecule has 97 heavy (non-hydrogen) atoms. The first-order valence-corrected chi connectivity index (χ1v) is 33.7. The molecule has 10 amide bonds. The summed E-state index contributed by atoms with van der Waals surface area (Å²) in [7, 11) is 6.16. The number of hydrogen-bond acceptors (Lipinski definition) is 17. The predicted molar refractivity (Wildman–Crippen MR) is 364 cm³/mol. The van der Waals surface area contributed by atoms with Crippen molar-refractivity contribution in [3.05, 3.63) is 65.7 Å². The molecule has 0 aliphatic carbocycles. The standard InChI is InChI=1S/C70H112N10O17/c1-19-43(8)60(55(93-17)37-57(84)80-34-24-28-52(80)62(94-18)44(9)63(86)74-45(10)61(85)48-25-21-20-22-26-48)78(15)66(89)51(40(2)3)36-54(82)59(42(6)7)79(16)69(92)95-38-47-29-31-50(32-30-47)75-65(88)49(27-23-33-72-67(71)90)35-53(81)58(41(4)5)76-64(87)46(11)73-56(83)39-96-77-68(91)97-70(12,13)14/h20-22,25-26,29-32,40-46,49,51-52,55,58-62,85H,19,23-24,27-28,33-39H2,1-18H3,(H,73,83)(H,74,86)(H,75,88)(H,76,87)(H,77,91)(H3,71,72,90)/t43?,44-,45-,46?,49-,51+,52+,55-,58+,59+,60+,61?,62-/m1/s1. The van der Waals surface area contributed by atoms with Gasteiger partial charge in [-0.3, -0.25) is 43.2 Å². The second-order valence-electron chi connectivity index (χ2n) is 27.5. The lowest BCUT2D eigenvalue weighted by atomic mass is 9.83. The first-order chi connectivity index (χ1) is 45.5. The van der Waals surface area contributed by atoms with Gasteiger partial charge >= 0.3 is 18.2 Å². The van der Waals surface area contributed by atoms with Crippen molar-refractivity contribution in [2.24, 2.45) is 47.2 Å². The number of likely N-dealkylation sites (N-methyl/N-ethyl adjacent to an activating group) is 2. The predicted octanol–water partition coefficient (Wildman–Crippen LogP) is 6.73. The number of nitrogens with two attached hydrogens (primary N) is 1. The highest BCUT2D eigenvalue weighted by Gasteiger charge is 2.44. The molecule has 2 aromatic carbocycles. The lowest BCUT2D eigenvalue weighted by Crippen LogP contribution is -2.55. The number of primary amides is 1. The number of Topliss-reactive ketones (excluding diaryl/α,β-unsaturated/α-hetero) is 2. The minimum Gasteiger partial charge on any atom is -0.445 e. The highest BCUT2D eigenvalue weighted by atomic mass is 16.7. The summed E-state index contributed by atoms with van der Waals surface area (Å²) in [5, 5.41) is 24.3. The zero-order valence-electron chi connectivity index (χ0n) is 60.3. The Bertz CT molecular complexity index is 2910. The van der Waals surface area contributed by atoms with E-state index >= 15 is 0 Å². The van der Waals surface area contributed by atoms with Crippen LogP contribution in [0.4, 0.5) is 20.1 Å². The van der Waals surface area contributed by atoms with Gasteiger partial charge in [-0.1, -0.05) is 111 Å². The lowest BCUT2D eigenvalue weighted by molar-refractivity contribution is -0.149. The number of nitrogens with zero attached hydrogens (tertiary/aromatic N) is 3. The fraction of sp³-hybridized carbons (Fsp3) is 0.671. The second kappa shape index (κ2) is 40.2. The van der Waals surface area contributed by atoms with E-state index in [0.717, 1.165) is 0 Å². The van der Waals surface area contributed by atoms with E-state index in [1.54, 1.807) is 116 Å². The van der Waals surface area contributed by atoms with Crippen molar-refractivity contribution in [1.29, 1.82) is 0 Å². The van der Waals surface area contributed by atoms with Crippen LogP contribution >= 0.6 is 0 Å². The van der Waals surface area contributed by atoms with E-state index in [4.69, 9.17) is 29.5 Å². The molecule has 0 spiro atoms. The quantitative estimate of drug-likeness (QED) is 0.0254. The highest BCUT2D eigenvalue weighted by molar-refractivity contribution is 5.98. The van der Waals surface area contributed by atoms with E-state index in [2.05, 4.69) is 26.6 Å². The average molecular weight is 1370 g/mol. The molecular weight excluding hydrogens is 1250 g/mol. The van der Waals surface area contributed by atoms with Gasteiger partial charge in [-0.15, -0.1) is 0 Å². The van der Waals surface area contributed by atoms with Gasteiger partial charge in [-0.2, -0.15) is 5.48 Å². The molecule has 0 bridgehead atoms. The molecule has 1 heterocycles. The molecule has 1 saturated heterocycles. The molecule has 2 aromatic rings. The van der Waals surface area contributed by atoms with Crippen molar-refractivity contribution in [2.45, 2.75) is 215 Å². The van der Waals surface area contributed by atoms with Crippen LogP contribution in [-0.2, 0) is 68.7 Å². The van der Waals surface area contributed by atoms with Gasteiger partial charge in [0.1, 0.15) is 18.2 Å². The van der Waals surface area contributed by atoms with Crippen molar-refractivity contribution in [2.75, 3.05) is 53.3 Å². The minimum absolute atomic E-state index is 0.0777. The van der Waals surface area contributed by atoms with Gasteiger partial charge in [-0.25, -0.2) is 14.4 Å². The number of amides is 10. The monoisotopic (exact) mass is 1360 g/mol. The minimum atomic E-state index is -1.14. The number of rotatable bonds is 39. The summed E-state index contributed by atoms with van der Waals surface area (Å²) in [5.41, 5.74) is 7.97. The Hall–Kier alpha value is -7.75. The summed E-state index contributed by atoms with van der Waals surface area (Å²) < 4.78 is 22.9. The Balaban J connectivity index is 1.69. The van der Waals surface area contributed by atoms with Crippen molar-refractivity contribution in [1.82, 2.24) is 41.4 Å². The molecule has 13 atom stereocenters. The van der Waals surface area contributed by atoms with E-state index in [0.29, 0.717) is 42.6 Å². The topological polar surface area (TPSA) is 362 Å². The number of aliphatic hydroxyl groups is 1. The van der Waals surface area contributed by atoms with E-state index < -0.39 is 138 Å². The summed E-state index contributed by atoms with van der Waals surface area (Å²) in [4.78, 5) is 158. The first-order valence-electron chi connectivity index (χ1n) is 33.7. The number of methoxy groups -OCH3 is 2.